The number of rotatable bonds is 3. The van der Waals surface area contributed by atoms with Gasteiger partial charge in [0.1, 0.15) is 5.82 Å². The molecule has 3 nitrogen and oxygen atoms in total. The van der Waals surface area contributed by atoms with Gasteiger partial charge in [0.2, 0.25) is 0 Å². The molecule has 0 aromatic heterocycles. The Morgan fingerprint density at radius 1 is 1.53 bits per heavy atom. The smallest absolute Gasteiger partial charge is 0.305 e. The second-order valence-electron chi connectivity index (χ2n) is 2.91. The Hall–Kier alpha value is -0.650. The van der Waals surface area contributed by atoms with Gasteiger partial charge in [-0.1, -0.05) is 15.9 Å². The van der Waals surface area contributed by atoms with E-state index in [1.807, 2.05) is 0 Å². The van der Waals surface area contributed by atoms with Crippen molar-refractivity contribution in [2.24, 2.45) is 5.73 Å². The molecule has 0 heterocycles. The zero-order valence-corrected chi connectivity index (χ0v) is 10.0. The van der Waals surface area contributed by atoms with Gasteiger partial charge in [-0.15, -0.1) is 12.4 Å². The summed E-state index contributed by atoms with van der Waals surface area (Å²) >= 11 is 3.10. The van der Waals surface area contributed by atoms with Crippen LogP contribution in [0.3, 0.4) is 0 Å². The molecule has 15 heavy (non-hydrogen) atoms. The lowest BCUT2D eigenvalue weighted by molar-refractivity contribution is -0.137. The van der Waals surface area contributed by atoms with Crippen LogP contribution in [0.2, 0.25) is 0 Å². The summed E-state index contributed by atoms with van der Waals surface area (Å²) in [4.78, 5) is 10.4. The minimum Gasteiger partial charge on any atom is -0.481 e. The molecular formula is C9H10BrClFNO2. The van der Waals surface area contributed by atoms with Gasteiger partial charge in [0.25, 0.3) is 0 Å². The van der Waals surface area contributed by atoms with E-state index in [9.17, 15) is 9.18 Å². The molecule has 0 amide bonds. The monoisotopic (exact) mass is 297 g/mol. The molecule has 1 atom stereocenters. The van der Waals surface area contributed by atoms with Crippen LogP contribution in [0.15, 0.2) is 22.7 Å². The maximum atomic E-state index is 12.9. The van der Waals surface area contributed by atoms with E-state index in [0.717, 1.165) is 0 Å². The molecule has 3 N–H and O–H groups in total. The first kappa shape index (κ1) is 14.3. The first-order valence-corrected chi connectivity index (χ1v) is 4.71. The van der Waals surface area contributed by atoms with Crippen molar-refractivity contribution < 1.29 is 14.3 Å². The first-order chi connectivity index (χ1) is 6.49. The van der Waals surface area contributed by atoms with E-state index in [2.05, 4.69) is 15.9 Å². The van der Waals surface area contributed by atoms with Gasteiger partial charge in [-0.25, -0.2) is 4.39 Å². The van der Waals surface area contributed by atoms with Crippen LogP contribution in [-0.4, -0.2) is 11.1 Å². The molecule has 0 aliphatic carbocycles. The Kier molecular flexibility index (Phi) is 5.79. The molecular weight excluding hydrogens is 288 g/mol. The number of hydrogen-bond donors (Lipinski definition) is 2. The summed E-state index contributed by atoms with van der Waals surface area (Å²) in [6.45, 7) is 0. The summed E-state index contributed by atoms with van der Waals surface area (Å²) < 4.78 is 13.4. The lowest BCUT2D eigenvalue weighted by Gasteiger charge is -2.09. The fourth-order valence-electron chi connectivity index (χ4n) is 1.10. The highest BCUT2D eigenvalue weighted by atomic mass is 79.9. The maximum Gasteiger partial charge on any atom is 0.305 e. The fraction of sp³-hybridized carbons (Fsp3) is 0.222. The van der Waals surface area contributed by atoms with E-state index < -0.39 is 17.8 Å². The Balaban J connectivity index is 0.00000196. The van der Waals surface area contributed by atoms with Gasteiger partial charge in [0.05, 0.1) is 6.42 Å². The number of hydrogen-bond acceptors (Lipinski definition) is 2. The molecule has 0 spiro atoms. The van der Waals surface area contributed by atoms with E-state index >= 15 is 0 Å². The van der Waals surface area contributed by atoms with Gasteiger partial charge in [0.15, 0.2) is 0 Å². The number of carbonyl (C=O) groups is 1. The molecule has 1 rings (SSSR count). The molecule has 0 bridgehead atoms. The van der Waals surface area contributed by atoms with E-state index in [1.165, 1.54) is 12.1 Å². The third-order valence-corrected chi connectivity index (χ3v) is 2.17. The Morgan fingerprint density at radius 3 is 2.60 bits per heavy atom. The van der Waals surface area contributed by atoms with E-state index in [-0.39, 0.29) is 18.8 Å². The minimum absolute atomic E-state index is 0. The van der Waals surface area contributed by atoms with Crippen LogP contribution in [-0.2, 0) is 4.79 Å². The number of aliphatic carboxylic acids is 1. The fourth-order valence-corrected chi connectivity index (χ4v) is 1.58. The van der Waals surface area contributed by atoms with Gasteiger partial charge >= 0.3 is 5.97 Å². The van der Waals surface area contributed by atoms with E-state index in [1.54, 1.807) is 6.07 Å². The molecule has 0 aliphatic rings. The van der Waals surface area contributed by atoms with Crippen molar-refractivity contribution in [1.29, 1.82) is 0 Å². The SMILES string of the molecule is Cl.NC(CC(=O)O)c1cc(F)cc(Br)c1. The van der Waals surface area contributed by atoms with Crippen molar-refractivity contribution in [1.82, 2.24) is 0 Å². The minimum atomic E-state index is -1.00. The molecule has 0 radical (unpaired) electrons. The zero-order valence-electron chi connectivity index (χ0n) is 7.61. The van der Waals surface area contributed by atoms with Crippen molar-refractivity contribution in [3.05, 3.63) is 34.1 Å². The van der Waals surface area contributed by atoms with Crippen LogP contribution >= 0.6 is 28.3 Å². The summed E-state index contributed by atoms with van der Waals surface area (Å²) in [7, 11) is 0. The van der Waals surface area contributed by atoms with Gasteiger partial charge in [-0.3, -0.25) is 4.79 Å². The predicted octanol–water partition coefficient (Wildman–Crippen LogP) is 2.48. The van der Waals surface area contributed by atoms with Crippen molar-refractivity contribution in [2.45, 2.75) is 12.5 Å². The topological polar surface area (TPSA) is 63.3 Å². The van der Waals surface area contributed by atoms with Crippen molar-refractivity contribution in [3.63, 3.8) is 0 Å². The number of benzene rings is 1. The number of carboxylic acids is 1. The summed E-state index contributed by atoms with van der Waals surface area (Å²) in [6, 6.07) is 3.45. The zero-order chi connectivity index (χ0) is 10.7. The Morgan fingerprint density at radius 2 is 2.13 bits per heavy atom. The standard InChI is InChI=1S/C9H9BrFNO2.ClH/c10-6-1-5(2-7(11)3-6)8(12)4-9(13)14;/h1-3,8H,4,12H2,(H,13,14);1H. The van der Waals surface area contributed by atoms with Crippen molar-refractivity contribution in [3.8, 4) is 0 Å². The maximum absolute atomic E-state index is 12.9. The largest absolute Gasteiger partial charge is 0.481 e. The lowest BCUT2D eigenvalue weighted by atomic mass is 10.1. The summed E-state index contributed by atoms with van der Waals surface area (Å²) in [5, 5.41) is 8.50. The molecule has 6 heteroatoms. The van der Waals surface area contributed by atoms with Crippen molar-refractivity contribution >= 4 is 34.3 Å². The van der Waals surface area contributed by atoms with Crippen LogP contribution in [0.25, 0.3) is 0 Å². The summed E-state index contributed by atoms with van der Waals surface area (Å²) in [5.41, 5.74) is 6.04. The van der Waals surface area contributed by atoms with Gasteiger partial charge < -0.3 is 10.8 Å². The molecule has 84 valence electrons. The van der Waals surface area contributed by atoms with E-state index in [4.69, 9.17) is 10.8 Å². The third kappa shape index (κ3) is 4.59. The second kappa shape index (κ2) is 6.05. The average Bonchev–Trinajstić information content (AvgIpc) is 2.00. The quantitative estimate of drug-likeness (QED) is 0.901. The summed E-state index contributed by atoms with van der Waals surface area (Å²) in [5.74, 6) is -1.44. The molecule has 0 saturated heterocycles. The number of halogens is 3. The second-order valence-corrected chi connectivity index (χ2v) is 3.82. The molecule has 0 fully saturated rings. The van der Waals surface area contributed by atoms with Gasteiger partial charge in [-0.05, 0) is 23.8 Å². The van der Waals surface area contributed by atoms with Gasteiger partial charge in [0, 0.05) is 10.5 Å². The highest BCUT2D eigenvalue weighted by molar-refractivity contribution is 9.10. The molecule has 1 unspecified atom stereocenters. The molecule has 0 saturated carbocycles. The molecule has 0 aliphatic heterocycles. The van der Waals surface area contributed by atoms with Crippen LogP contribution < -0.4 is 5.73 Å². The highest BCUT2D eigenvalue weighted by Gasteiger charge is 2.11. The molecule has 1 aromatic carbocycles. The van der Waals surface area contributed by atoms with Crippen LogP contribution in [0.4, 0.5) is 4.39 Å². The third-order valence-electron chi connectivity index (χ3n) is 1.71. The lowest BCUT2D eigenvalue weighted by Crippen LogP contribution is -2.15. The number of carboxylic acid groups (broad SMARTS) is 1. The van der Waals surface area contributed by atoms with E-state index in [0.29, 0.717) is 10.0 Å². The van der Waals surface area contributed by atoms with Crippen LogP contribution in [0.1, 0.15) is 18.0 Å². The Bertz CT molecular complexity index is 342. The molecule has 1 aromatic rings. The van der Waals surface area contributed by atoms with Gasteiger partial charge in [-0.2, -0.15) is 0 Å². The first-order valence-electron chi connectivity index (χ1n) is 3.92. The average molecular weight is 299 g/mol. The number of nitrogens with two attached hydrogens (primary N) is 1. The normalized spacial score (nSPS) is 11.7. The van der Waals surface area contributed by atoms with Crippen molar-refractivity contribution in [2.75, 3.05) is 0 Å². The highest BCUT2D eigenvalue weighted by Crippen LogP contribution is 2.20. The Labute approximate surface area is 101 Å². The predicted molar refractivity (Wildman–Crippen MR) is 60.5 cm³/mol. The van der Waals surface area contributed by atoms with Crippen LogP contribution in [0, 0.1) is 5.82 Å². The summed E-state index contributed by atoms with van der Waals surface area (Å²) in [6.07, 6.45) is -0.212. The van der Waals surface area contributed by atoms with Crippen LogP contribution in [0.5, 0.6) is 0 Å².